The van der Waals surface area contributed by atoms with Gasteiger partial charge in [-0.1, -0.05) is 35.3 Å². The number of nitrogens with zero attached hydrogens (tertiary/aromatic N) is 8. The van der Waals surface area contributed by atoms with Gasteiger partial charge in [-0.25, -0.2) is 14.8 Å². The summed E-state index contributed by atoms with van der Waals surface area (Å²) in [6.45, 7) is 0.146. The molecule has 0 bridgehead atoms. The fourth-order valence-electron chi connectivity index (χ4n) is 4.44. The van der Waals surface area contributed by atoms with Crippen LogP contribution >= 0.6 is 23.2 Å². The summed E-state index contributed by atoms with van der Waals surface area (Å²) in [6, 6.07) is 13.6. The van der Waals surface area contributed by atoms with Crippen molar-refractivity contribution < 1.29 is 9.90 Å². The van der Waals surface area contributed by atoms with E-state index in [4.69, 9.17) is 28.2 Å². The Balaban J connectivity index is 1.35. The first-order valence-electron chi connectivity index (χ1n) is 12.2. The number of amides is 1. The second kappa shape index (κ2) is 10.2. The van der Waals surface area contributed by atoms with Gasteiger partial charge in [0.1, 0.15) is 18.0 Å². The normalized spacial score (nSPS) is 13.0. The summed E-state index contributed by atoms with van der Waals surface area (Å²) < 4.78 is 3.10. The minimum absolute atomic E-state index is 0.145. The maximum atomic E-state index is 13.5. The number of hydrogen-bond acceptors (Lipinski definition) is 7. The van der Waals surface area contributed by atoms with E-state index in [1.807, 2.05) is 0 Å². The Kier molecular flexibility index (Phi) is 6.56. The molecule has 3 aromatic heterocycles. The molecule has 0 aliphatic heterocycles. The lowest BCUT2D eigenvalue weighted by atomic mass is 10.1. The van der Waals surface area contributed by atoms with Crippen LogP contribution in [0.3, 0.4) is 0 Å². The van der Waals surface area contributed by atoms with Crippen molar-refractivity contribution in [1.29, 1.82) is 0 Å². The summed E-state index contributed by atoms with van der Waals surface area (Å²) in [5.41, 5.74) is 3.31. The smallest absolute Gasteiger partial charge is 0.411 e. The third-order valence-corrected chi connectivity index (χ3v) is 7.17. The molecule has 0 spiro atoms. The summed E-state index contributed by atoms with van der Waals surface area (Å²) in [5, 5.41) is 21.3. The van der Waals surface area contributed by atoms with Crippen LogP contribution in [0, 0.1) is 0 Å². The highest BCUT2D eigenvalue weighted by atomic mass is 35.5. The van der Waals surface area contributed by atoms with Crippen LogP contribution in [0.2, 0.25) is 10.2 Å². The fourth-order valence-corrected chi connectivity index (χ4v) is 4.87. The lowest BCUT2D eigenvalue weighted by Gasteiger charge is -2.14. The van der Waals surface area contributed by atoms with E-state index in [1.165, 1.54) is 24.1 Å². The van der Waals surface area contributed by atoms with Gasteiger partial charge in [-0.3, -0.25) is 14.3 Å². The second-order valence-electron chi connectivity index (χ2n) is 9.35. The van der Waals surface area contributed by atoms with E-state index in [1.54, 1.807) is 47.0 Å². The van der Waals surface area contributed by atoms with Crippen LogP contribution in [-0.4, -0.2) is 58.0 Å². The zero-order chi connectivity index (χ0) is 28.0. The molecule has 202 valence electrons. The van der Waals surface area contributed by atoms with Crippen molar-refractivity contribution in [3.05, 3.63) is 87.0 Å². The SMILES string of the molecule is CN(C(=O)O)c1ccc(-c2[nH]c(Cn3c(C4CC4)nc(-c4cc(Cl)ccc4-n4cnnn4)cc3=O)nc2Cl)cc1. The van der Waals surface area contributed by atoms with E-state index >= 15 is 0 Å². The van der Waals surface area contributed by atoms with Crippen LogP contribution in [-0.2, 0) is 6.54 Å². The highest BCUT2D eigenvalue weighted by Gasteiger charge is 2.30. The maximum Gasteiger partial charge on any atom is 0.411 e. The number of rotatable bonds is 7. The molecular formula is C26H21Cl2N9O3. The van der Waals surface area contributed by atoms with E-state index in [2.05, 4.69) is 25.5 Å². The Labute approximate surface area is 236 Å². The quantitative estimate of drug-likeness (QED) is 0.284. The van der Waals surface area contributed by atoms with Crippen LogP contribution in [0.15, 0.2) is 59.7 Å². The molecule has 3 heterocycles. The predicted molar refractivity (Wildman–Crippen MR) is 148 cm³/mol. The summed E-state index contributed by atoms with van der Waals surface area (Å²) in [5.74, 6) is 1.29. The molecule has 5 aromatic rings. The third-order valence-electron chi connectivity index (χ3n) is 6.66. The minimum atomic E-state index is -1.06. The first-order valence-corrected chi connectivity index (χ1v) is 13.0. The highest BCUT2D eigenvalue weighted by Crippen LogP contribution is 2.40. The Morgan fingerprint density at radius 3 is 2.58 bits per heavy atom. The van der Waals surface area contributed by atoms with Gasteiger partial charge in [0.15, 0.2) is 5.15 Å². The molecule has 2 N–H and O–H groups in total. The van der Waals surface area contributed by atoms with E-state index in [0.29, 0.717) is 45.0 Å². The molecule has 14 heteroatoms. The van der Waals surface area contributed by atoms with Gasteiger partial charge in [0.25, 0.3) is 5.56 Å². The Bertz CT molecular complexity index is 1780. The second-order valence-corrected chi connectivity index (χ2v) is 10.1. The van der Waals surface area contributed by atoms with Crippen molar-refractivity contribution >= 4 is 35.0 Å². The topological polar surface area (TPSA) is 148 Å². The van der Waals surface area contributed by atoms with Gasteiger partial charge in [0, 0.05) is 40.9 Å². The molecule has 1 aliphatic rings. The summed E-state index contributed by atoms with van der Waals surface area (Å²) in [6.07, 6.45) is 2.25. The van der Waals surface area contributed by atoms with Gasteiger partial charge in [-0.2, -0.15) is 4.68 Å². The zero-order valence-corrected chi connectivity index (χ0v) is 22.5. The molecule has 0 saturated heterocycles. The standard InChI is InChI=1S/C26H21Cl2N9O3/c1-35(26(39)40)17-7-4-14(5-8-17)23-24(28)32-21(31-23)12-36-22(38)11-19(30-25(36)15-2-3-15)18-10-16(27)6-9-20(18)37-13-29-33-34-37/h4-11,13,15H,2-3,12H2,1H3,(H,31,32)(H,39,40). The van der Waals surface area contributed by atoms with Crippen LogP contribution < -0.4 is 10.5 Å². The van der Waals surface area contributed by atoms with Gasteiger partial charge < -0.3 is 10.1 Å². The summed E-state index contributed by atoms with van der Waals surface area (Å²) in [7, 11) is 1.46. The largest absolute Gasteiger partial charge is 0.465 e. The first-order chi connectivity index (χ1) is 19.3. The lowest BCUT2D eigenvalue weighted by Crippen LogP contribution is -2.26. The number of imidazole rings is 1. The molecule has 0 atom stereocenters. The molecule has 1 aliphatic carbocycles. The number of anilines is 1. The van der Waals surface area contributed by atoms with E-state index < -0.39 is 6.09 Å². The molecule has 1 fully saturated rings. The molecule has 0 radical (unpaired) electrons. The van der Waals surface area contributed by atoms with Gasteiger partial charge in [0.05, 0.1) is 23.6 Å². The molecule has 2 aromatic carbocycles. The minimum Gasteiger partial charge on any atom is -0.465 e. The number of benzene rings is 2. The zero-order valence-electron chi connectivity index (χ0n) is 21.0. The number of aromatic nitrogens is 8. The number of halogens is 2. The van der Waals surface area contributed by atoms with E-state index in [0.717, 1.165) is 23.3 Å². The highest BCUT2D eigenvalue weighted by molar-refractivity contribution is 6.32. The number of nitrogens with one attached hydrogen (secondary N) is 1. The number of carboxylic acid groups (broad SMARTS) is 1. The van der Waals surface area contributed by atoms with Crippen molar-refractivity contribution in [1.82, 2.24) is 39.7 Å². The number of carbonyl (C=O) groups is 1. The summed E-state index contributed by atoms with van der Waals surface area (Å²) in [4.78, 5) is 38.4. The molecular weight excluding hydrogens is 557 g/mol. The molecule has 12 nitrogen and oxygen atoms in total. The molecule has 40 heavy (non-hydrogen) atoms. The van der Waals surface area contributed by atoms with E-state index in [-0.39, 0.29) is 23.2 Å². The Morgan fingerprint density at radius 1 is 1.12 bits per heavy atom. The van der Waals surface area contributed by atoms with Gasteiger partial charge in [-0.05, 0) is 53.6 Å². The average molecular weight is 578 g/mol. The molecule has 1 amide bonds. The number of aromatic amines is 1. The number of tetrazole rings is 1. The van der Waals surface area contributed by atoms with Crippen LogP contribution in [0.25, 0.3) is 28.2 Å². The fraction of sp³-hybridized carbons (Fsp3) is 0.192. The maximum absolute atomic E-state index is 13.5. The van der Waals surface area contributed by atoms with Gasteiger partial charge >= 0.3 is 6.09 Å². The van der Waals surface area contributed by atoms with Gasteiger partial charge in [-0.15, -0.1) is 5.10 Å². The van der Waals surface area contributed by atoms with Crippen LogP contribution in [0.4, 0.5) is 10.5 Å². The number of H-pyrrole nitrogens is 1. The summed E-state index contributed by atoms with van der Waals surface area (Å²) >= 11 is 12.8. The van der Waals surface area contributed by atoms with Crippen molar-refractivity contribution in [2.45, 2.75) is 25.3 Å². The van der Waals surface area contributed by atoms with Crippen molar-refractivity contribution in [2.24, 2.45) is 0 Å². The van der Waals surface area contributed by atoms with Crippen LogP contribution in [0.1, 0.15) is 30.4 Å². The van der Waals surface area contributed by atoms with Crippen molar-refractivity contribution in [2.75, 3.05) is 11.9 Å². The monoisotopic (exact) mass is 577 g/mol. The average Bonchev–Trinajstić information content (AvgIpc) is 3.51. The molecule has 0 unspecified atom stereocenters. The number of hydrogen-bond donors (Lipinski definition) is 2. The van der Waals surface area contributed by atoms with Crippen molar-refractivity contribution in [3.63, 3.8) is 0 Å². The lowest BCUT2D eigenvalue weighted by molar-refractivity contribution is 0.203. The van der Waals surface area contributed by atoms with Crippen LogP contribution in [0.5, 0.6) is 0 Å². The Hall–Kier alpha value is -4.55. The predicted octanol–water partition coefficient (Wildman–Crippen LogP) is 4.62. The molecule has 1 saturated carbocycles. The van der Waals surface area contributed by atoms with Crippen molar-refractivity contribution in [3.8, 4) is 28.2 Å². The third kappa shape index (κ3) is 4.94. The van der Waals surface area contributed by atoms with Gasteiger partial charge in [0.2, 0.25) is 0 Å². The Morgan fingerprint density at radius 2 is 1.90 bits per heavy atom. The molecule has 6 rings (SSSR count). The first kappa shape index (κ1) is 25.7. The van der Waals surface area contributed by atoms with E-state index in [9.17, 15) is 14.7 Å².